The smallest absolute Gasteiger partial charge is 0.145 e. The van der Waals surface area contributed by atoms with Crippen molar-refractivity contribution in [2.75, 3.05) is 4.90 Å². The van der Waals surface area contributed by atoms with E-state index in [1.165, 1.54) is 87.5 Å². The highest BCUT2D eigenvalue weighted by Gasteiger charge is 2.26. The second-order valence-corrected chi connectivity index (χ2v) is 20.7. The number of furan rings is 1. The highest BCUT2D eigenvalue weighted by atomic mass is 16.3. The molecule has 0 aliphatic heterocycles. The summed E-state index contributed by atoms with van der Waals surface area (Å²) in [4.78, 5) is 2.46. The molecule has 14 aromatic carbocycles. The first kappa shape index (κ1) is 44.8. The Morgan fingerprint density at radius 3 is 1.58 bits per heavy atom. The molecule has 0 radical (unpaired) electrons. The minimum absolute atomic E-state index is 0.851. The fourth-order valence-electron chi connectivity index (χ4n) is 12.8. The summed E-state index contributed by atoms with van der Waals surface area (Å²) in [5.41, 5.74) is 17.7. The zero-order valence-corrected chi connectivity index (χ0v) is 43.0. The summed E-state index contributed by atoms with van der Waals surface area (Å²) in [7, 11) is 0. The molecular formula is C76H48N2O. The lowest BCUT2D eigenvalue weighted by Crippen LogP contribution is -2.11. The van der Waals surface area contributed by atoms with Crippen LogP contribution in [0.4, 0.5) is 17.1 Å². The molecule has 79 heavy (non-hydrogen) atoms. The fraction of sp³-hybridized carbons (Fsp3) is 0. The van der Waals surface area contributed by atoms with Crippen molar-refractivity contribution < 1.29 is 4.42 Å². The van der Waals surface area contributed by atoms with Crippen molar-refractivity contribution in [2.45, 2.75) is 0 Å². The van der Waals surface area contributed by atoms with Gasteiger partial charge in [0.2, 0.25) is 0 Å². The molecule has 0 amide bonds. The standard InChI is InChI=1S/C76H48N2O/c1-4-26-56-50(18-1)21-14-33-58(56)54-25-13-24-53(48-54)49-40-42-55(43-41-49)77(72-47-45-65(60-34-15-22-51-19-2-5-27-57(51)60)76-75(72)67-32-10-12-39-73(67)79-76)70-46-44-62(61-29-7-8-30-63(61)70)64-35-17-38-71-74(64)66-31-9-11-36-69(66)78(71)68-37-16-23-52-20-3-6-28-59(52)68/h1-48H. The number of rotatable bonds is 8. The largest absolute Gasteiger partial charge is 0.455 e. The van der Waals surface area contributed by atoms with Crippen LogP contribution >= 0.6 is 0 Å². The van der Waals surface area contributed by atoms with Gasteiger partial charge >= 0.3 is 0 Å². The van der Waals surface area contributed by atoms with E-state index >= 15 is 0 Å². The molecule has 0 saturated heterocycles. The van der Waals surface area contributed by atoms with Gasteiger partial charge in [-0.05, 0) is 132 Å². The number of para-hydroxylation sites is 2. The van der Waals surface area contributed by atoms with E-state index in [9.17, 15) is 0 Å². The van der Waals surface area contributed by atoms with Gasteiger partial charge in [-0.3, -0.25) is 0 Å². The van der Waals surface area contributed by atoms with Crippen molar-refractivity contribution >= 4 is 104 Å². The molecule has 3 nitrogen and oxygen atoms in total. The molecule has 0 spiro atoms. The first-order valence-corrected chi connectivity index (χ1v) is 27.2. The Kier molecular flexibility index (Phi) is 10.3. The monoisotopic (exact) mass is 1000 g/mol. The summed E-state index contributed by atoms with van der Waals surface area (Å²) >= 11 is 0. The number of anilines is 3. The molecule has 0 unspecified atom stereocenters. The molecule has 2 heterocycles. The van der Waals surface area contributed by atoms with Crippen molar-refractivity contribution in [3.05, 3.63) is 291 Å². The summed E-state index contributed by atoms with van der Waals surface area (Å²) < 4.78 is 9.53. The number of fused-ring (bicyclic) bond motifs is 10. The fourth-order valence-corrected chi connectivity index (χ4v) is 12.8. The van der Waals surface area contributed by atoms with Crippen LogP contribution in [-0.2, 0) is 0 Å². The van der Waals surface area contributed by atoms with Gasteiger partial charge in [0.1, 0.15) is 11.2 Å². The van der Waals surface area contributed by atoms with Crippen LogP contribution in [0.15, 0.2) is 296 Å². The van der Waals surface area contributed by atoms with Gasteiger partial charge in [-0.2, -0.15) is 0 Å². The molecule has 0 saturated carbocycles. The molecule has 2 aromatic heterocycles. The predicted molar refractivity (Wildman–Crippen MR) is 335 cm³/mol. The Hall–Kier alpha value is -10.5. The van der Waals surface area contributed by atoms with Gasteiger partial charge in [0.15, 0.2) is 0 Å². The Balaban J connectivity index is 0.916. The molecule has 16 rings (SSSR count). The summed E-state index contributed by atoms with van der Waals surface area (Å²) in [5.74, 6) is 0. The van der Waals surface area contributed by atoms with E-state index in [2.05, 4.69) is 301 Å². The van der Waals surface area contributed by atoms with Gasteiger partial charge in [-0.25, -0.2) is 0 Å². The molecule has 368 valence electrons. The maximum absolute atomic E-state index is 7.07. The van der Waals surface area contributed by atoms with Crippen LogP contribution in [0.25, 0.3) is 137 Å². The van der Waals surface area contributed by atoms with Crippen LogP contribution in [0.5, 0.6) is 0 Å². The van der Waals surface area contributed by atoms with Gasteiger partial charge in [0.05, 0.1) is 33.5 Å². The van der Waals surface area contributed by atoms with E-state index in [0.29, 0.717) is 0 Å². The topological polar surface area (TPSA) is 21.3 Å². The van der Waals surface area contributed by atoms with Crippen LogP contribution in [-0.4, -0.2) is 4.57 Å². The van der Waals surface area contributed by atoms with Gasteiger partial charge < -0.3 is 13.9 Å². The predicted octanol–water partition coefficient (Wildman–Crippen LogP) is 21.4. The van der Waals surface area contributed by atoms with Gasteiger partial charge in [0, 0.05) is 38.2 Å². The minimum atomic E-state index is 0.851. The van der Waals surface area contributed by atoms with Crippen LogP contribution in [0.2, 0.25) is 0 Å². The summed E-state index contributed by atoms with van der Waals surface area (Å²) in [6.07, 6.45) is 0. The summed E-state index contributed by atoms with van der Waals surface area (Å²) in [6.45, 7) is 0. The average molecular weight is 1010 g/mol. The van der Waals surface area contributed by atoms with Crippen molar-refractivity contribution in [1.82, 2.24) is 4.57 Å². The lowest BCUT2D eigenvalue weighted by atomic mass is 9.92. The molecule has 0 N–H and O–H groups in total. The lowest BCUT2D eigenvalue weighted by molar-refractivity contribution is 0.670. The third-order valence-electron chi connectivity index (χ3n) is 16.4. The first-order valence-electron chi connectivity index (χ1n) is 27.2. The van der Waals surface area contributed by atoms with Gasteiger partial charge in [-0.15, -0.1) is 0 Å². The van der Waals surface area contributed by atoms with Crippen LogP contribution in [0, 0.1) is 0 Å². The van der Waals surface area contributed by atoms with Gasteiger partial charge in [-0.1, -0.05) is 231 Å². The first-order chi connectivity index (χ1) is 39.2. The molecule has 16 aromatic rings. The van der Waals surface area contributed by atoms with Crippen molar-refractivity contribution in [3.63, 3.8) is 0 Å². The Labute approximate surface area is 456 Å². The number of aromatic nitrogens is 1. The zero-order chi connectivity index (χ0) is 52.0. The van der Waals surface area contributed by atoms with E-state index in [1.54, 1.807) is 0 Å². The van der Waals surface area contributed by atoms with Crippen molar-refractivity contribution in [3.8, 4) is 50.2 Å². The van der Waals surface area contributed by atoms with Crippen LogP contribution in [0.1, 0.15) is 0 Å². The van der Waals surface area contributed by atoms with Crippen molar-refractivity contribution in [1.29, 1.82) is 0 Å². The molecule has 0 bridgehead atoms. The maximum Gasteiger partial charge on any atom is 0.145 e. The molecular weight excluding hydrogens is 957 g/mol. The van der Waals surface area contributed by atoms with Crippen molar-refractivity contribution in [2.24, 2.45) is 0 Å². The third-order valence-corrected chi connectivity index (χ3v) is 16.4. The maximum atomic E-state index is 7.07. The summed E-state index contributed by atoms with van der Waals surface area (Å²) in [5, 5.41) is 14.2. The highest BCUT2D eigenvalue weighted by Crippen LogP contribution is 2.50. The normalized spacial score (nSPS) is 11.8. The average Bonchev–Trinajstić information content (AvgIpc) is 4.22. The van der Waals surface area contributed by atoms with Crippen LogP contribution in [0.3, 0.4) is 0 Å². The number of hydrogen-bond donors (Lipinski definition) is 0. The minimum Gasteiger partial charge on any atom is -0.455 e. The second kappa shape index (κ2) is 18.1. The van der Waals surface area contributed by atoms with E-state index < -0.39 is 0 Å². The Bertz CT molecular complexity index is 5080. The Morgan fingerprint density at radius 1 is 0.278 bits per heavy atom. The quantitative estimate of drug-likeness (QED) is 0.151. The number of hydrogen-bond acceptors (Lipinski definition) is 2. The second-order valence-electron chi connectivity index (χ2n) is 20.7. The third kappa shape index (κ3) is 7.14. The highest BCUT2D eigenvalue weighted by molar-refractivity contribution is 6.22. The number of nitrogens with zero attached hydrogens (tertiary/aromatic N) is 2. The molecule has 3 heteroatoms. The molecule has 0 atom stereocenters. The zero-order valence-electron chi connectivity index (χ0n) is 43.0. The number of benzene rings is 14. The molecule has 0 aliphatic carbocycles. The Morgan fingerprint density at radius 2 is 0.797 bits per heavy atom. The van der Waals surface area contributed by atoms with E-state index in [1.807, 2.05) is 0 Å². The molecule has 0 aliphatic rings. The summed E-state index contributed by atoms with van der Waals surface area (Å²) in [6, 6.07) is 106. The van der Waals surface area contributed by atoms with E-state index in [4.69, 9.17) is 4.42 Å². The van der Waals surface area contributed by atoms with E-state index in [-0.39, 0.29) is 0 Å². The van der Waals surface area contributed by atoms with Crippen LogP contribution < -0.4 is 4.90 Å². The lowest BCUT2D eigenvalue weighted by Gasteiger charge is -2.29. The van der Waals surface area contributed by atoms with Gasteiger partial charge in [0.25, 0.3) is 0 Å². The molecule has 0 fully saturated rings. The van der Waals surface area contributed by atoms with E-state index in [0.717, 1.165) is 66.6 Å². The SMILES string of the molecule is c1cc(-c2ccc(N(c3ccc(-c4cccc5c4c4ccccc4n5-c4cccc5ccccc45)c4ccccc34)c3ccc(-c4cccc5ccccc45)c4oc5ccccc5c34)cc2)cc(-c2cccc3ccccc23)c1.